The third-order valence-corrected chi connectivity index (χ3v) is 4.06. The Morgan fingerprint density at radius 2 is 2.13 bits per heavy atom. The highest BCUT2D eigenvalue weighted by Gasteiger charge is 2.26. The van der Waals surface area contributed by atoms with Crippen LogP contribution in [-0.4, -0.2) is 54.4 Å². The van der Waals surface area contributed by atoms with Crippen molar-refractivity contribution in [3.8, 4) is 0 Å². The normalized spacial score (nSPS) is 21.6. The van der Waals surface area contributed by atoms with Crippen molar-refractivity contribution in [2.45, 2.75) is 39.0 Å². The maximum Gasteiger partial charge on any atom is 0.250 e. The summed E-state index contributed by atoms with van der Waals surface area (Å²) in [5.74, 6) is 0.197. The molecule has 3 atom stereocenters. The molecule has 0 aliphatic carbocycles. The quantitative estimate of drug-likeness (QED) is 0.797. The van der Waals surface area contributed by atoms with E-state index in [4.69, 9.17) is 4.74 Å². The Balaban J connectivity index is 1.77. The predicted molar refractivity (Wildman–Crippen MR) is 89.9 cm³/mol. The topological polar surface area (TPSA) is 61.8 Å². The summed E-state index contributed by atoms with van der Waals surface area (Å²) < 4.78 is 5.62. The highest BCUT2D eigenvalue weighted by molar-refractivity contribution is 5.81. The van der Waals surface area contributed by atoms with E-state index in [2.05, 4.69) is 22.3 Å². The van der Waals surface area contributed by atoms with Gasteiger partial charge in [0.2, 0.25) is 5.91 Å². The second-order valence-electron chi connectivity index (χ2n) is 6.52. The number of hydrogen-bond donors (Lipinski definition) is 2. The van der Waals surface area contributed by atoms with Crippen molar-refractivity contribution in [2.75, 3.05) is 26.2 Å². The van der Waals surface area contributed by atoms with Gasteiger partial charge in [0.25, 0.3) is 0 Å². The van der Waals surface area contributed by atoms with Crippen molar-refractivity contribution in [3.63, 3.8) is 0 Å². The van der Waals surface area contributed by atoms with Gasteiger partial charge in [0.15, 0.2) is 0 Å². The van der Waals surface area contributed by atoms with Gasteiger partial charge < -0.3 is 15.2 Å². The molecule has 5 nitrogen and oxygen atoms in total. The van der Waals surface area contributed by atoms with Crippen molar-refractivity contribution in [3.05, 3.63) is 35.9 Å². The summed E-state index contributed by atoms with van der Waals surface area (Å²) in [5.41, 5.74) is 1.25. The summed E-state index contributed by atoms with van der Waals surface area (Å²) in [5, 5.41) is 12.3. The number of hydrogen-bond acceptors (Lipinski definition) is 4. The molecule has 2 rings (SSSR count). The Kier molecular flexibility index (Phi) is 7.02. The lowest BCUT2D eigenvalue weighted by molar-refractivity contribution is -0.139. The molecule has 23 heavy (non-hydrogen) atoms. The summed E-state index contributed by atoms with van der Waals surface area (Å²) >= 11 is 0. The number of amides is 1. The van der Waals surface area contributed by atoms with Gasteiger partial charge in [0.1, 0.15) is 6.10 Å². The van der Waals surface area contributed by atoms with Crippen molar-refractivity contribution < 1.29 is 14.6 Å². The first-order valence-electron chi connectivity index (χ1n) is 8.38. The first kappa shape index (κ1) is 17.9. The van der Waals surface area contributed by atoms with Crippen molar-refractivity contribution >= 4 is 5.91 Å². The van der Waals surface area contributed by atoms with Crippen LogP contribution in [0.2, 0.25) is 0 Å². The van der Waals surface area contributed by atoms with Crippen LogP contribution in [0.3, 0.4) is 0 Å². The van der Waals surface area contributed by atoms with Crippen LogP contribution in [0.15, 0.2) is 30.3 Å². The Morgan fingerprint density at radius 3 is 2.83 bits per heavy atom. The first-order valence-corrected chi connectivity index (χ1v) is 8.38. The molecule has 1 aliphatic rings. The maximum atomic E-state index is 12.3. The molecular formula is C18H28N2O3. The molecule has 0 bridgehead atoms. The third-order valence-electron chi connectivity index (χ3n) is 4.06. The minimum atomic E-state index is -0.411. The number of rotatable bonds is 7. The zero-order chi connectivity index (χ0) is 16.7. The van der Waals surface area contributed by atoms with E-state index in [-0.39, 0.29) is 17.9 Å². The monoisotopic (exact) mass is 320 g/mol. The lowest BCUT2D eigenvalue weighted by atomic mass is 10.0. The van der Waals surface area contributed by atoms with Crippen molar-refractivity contribution in [2.24, 2.45) is 5.92 Å². The molecule has 1 saturated heterocycles. The van der Waals surface area contributed by atoms with Crippen molar-refractivity contribution in [1.29, 1.82) is 0 Å². The van der Waals surface area contributed by atoms with Crippen LogP contribution in [0, 0.1) is 5.92 Å². The molecule has 1 amide bonds. The highest BCUT2D eigenvalue weighted by Crippen LogP contribution is 2.11. The fourth-order valence-electron chi connectivity index (χ4n) is 2.90. The van der Waals surface area contributed by atoms with E-state index in [1.54, 1.807) is 6.92 Å². The minimum Gasteiger partial charge on any atom is -0.393 e. The van der Waals surface area contributed by atoms with E-state index < -0.39 is 6.10 Å². The Morgan fingerprint density at radius 1 is 1.39 bits per heavy atom. The van der Waals surface area contributed by atoms with Gasteiger partial charge in [-0.3, -0.25) is 9.69 Å². The minimum absolute atomic E-state index is 0.0554. The number of carbonyl (C=O) groups is 1. The molecule has 128 valence electrons. The molecule has 0 spiro atoms. The molecular weight excluding hydrogens is 292 g/mol. The van der Waals surface area contributed by atoms with E-state index >= 15 is 0 Å². The zero-order valence-electron chi connectivity index (χ0n) is 14.1. The van der Waals surface area contributed by atoms with E-state index in [1.165, 1.54) is 5.56 Å². The fourth-order valence-corrected chi connectivity index (χ4v) is 2.90. The van der Waals surface area contributed by atoms with Gasteiger partial charge in [-0.2, -0.15) is 0 Å². The van der Waals surface area contributed by atoms with E-state index in [1.807, 2.05) is 25.1 Å². The van der Waals surface area contributed by atoms with Gasteiger partial charge in [-0.15, -0.1) is 0 Å². The molecule has 0 radical (unpaired) electrons. The smallest absolute Gasteiger partial charge is 0.250 e. The van der Waals surface area contributed by atoms with E-state index in [0.29, 0.717) is 26.1 Å². The molecule has 0 aromatic heterocycles. The molecule has 1 aromatic carbocycles. The Hall–Kier alpha value is -1.43. The van der Waals surface area contributed by atoms with Gasteiger partial charge in [-0.1, -0.05) is 37.3 Å². The summed E-state index contributed by atoms with van der Waals surface area (Å²) in [6, 6.07) is 10.3. The summed E-state index contributed by atoms with van der Waals surface area (Å²) in [6.45, 7) is 7.24. The first-order chi connectivity index (χ1) is 11.0. The number of morpholine rings is 1. The molecule has 5 heteroatoms. The lowest BCUT2D eigenvalue weighted by Crippen LogP contribution is -2.50. The number of aliphatic hydroxyl groups excluding tert-OH is 1. The van der Waals surface area contributed by atoms with Crippen LogP contribution in [0.1, 0.15) is 25.8 Å². The molecule has 1 heterocycles. The average molecular weight is 320 g/mol. The number of benzene rings is 1. The van der Waals surface area contributed by atoms with Crippen LogP contribution < -0.4 is 5.32 Å². The van der Waals surface area contributed by atoms with Gasteiger partial charge in [-0.05, 0) is 24.8 Å². The molecule has 1 aliphatic heterocycles. The van der Waals surface area contributed by atoms with Crippen LogP contribution >= 0.6 is 0 Å². The van der Waals surface area contributed by atoms with Crippen LogP contribution in [0.4, 0.5) is 0 Å². The van der Waals surface area contributed by atoms with E-state index in [9.17, 15) is 9.90 Å². The van der Waals surface area contributed by atoms with Gasteiger partial charge >= 0.3 is 0 Å². The average Bonchev–Trinajstić information content (AvgIpc) is 2.53. The second-order valence-corrected chi connectivity index (χ2v) is 6.52. The number of ether oxygens (including phenoxy) is 1. The number of nitrogens with one attached hydrogen (secondary N) is 1. The Labute approximate surface area is 138 Å². The summed E-state index contributed by atoms with van der Waals surface area (Å²) in [7, 11) is 0. The number of carbonyl (C=O) groups excluding carboxylic acids is 1. The van der Waals surface area contributed by atoms with Crippen LogP contribution in [0.25, 0.3) is 0 Å². The summed E-state index contributed by atoms with van der Waals surface area (Å²) in [4.78, 5) is 14.5. The standard InChI is InChI=1S/C18H28N2O3/c1-14(10-15(2)21)11-19-18(22)17-13-20(8-9-23-17)12-16-6-4-3-5-7-16/h3-7,14-15,17,21H,8-13H2,1-2H3,(H,19,22). The van der Waals surface area contributed by atoms with Gasteiger partial charge in [0, 0.05) is 26.2 Å². The zero-order valence-corrected chi connectivity index (χ0v) is 14.1. The molecule has 3 unspecified atom stereocenters. The fraction of sp³-hybridized carbons (Fsp3) is 0.611. The maximum absolute atomic E-state index is 12.3. The lowest BCUT2D eigenvalue weighted by Gasteiger charge is -2.32. The predicted octanol–water partition coefficient (Wildman–Crippen LogP) is 1.41. The number of nitrogens with zero attached hydrogens (tertiary/aromatic N) is 1. The van der Waals surface area contributed by atoms with Gasteiger partial charge in [-0.25, -0.2) is 0 Å². The molecule has 0 saturated carbocycles. The largest absolute Gasteiger partial charge is 0.393 e. The molecule has 1 aromatic rings. The van der Waals surface area contributed by atoms with Gasteiger partial charge in [0.05, 0.1) is 12.7 Å². The molecule has 1 fully saturated rings. The Bertz CT molecular complexity index is 478. The van der Waals surface area contributed by atoms with Crippen LogP contribution in [0.5, 0.6) is 0 Å². The molecule has 2 N–H and O–H groups in total. The van der Waals surface area contributed by atoms with E-state index in [0.717, 1.165) is 13.1 Å². The summed E-state index contributed by atoms with van der Waals surface area (Å²) in [6.07, 6.45) is -0.0632. The second kappa shape index (κ2) is 9.01. The van der Waals surface area contributed by atoms with Crippen LogP contribution in [-0.2, 0) is 16.1 Å². The van der Waals surface area contributed by atoms with Crippen molar-refractivity contribution in [1.82, 2.24) is 10.2 Å². The number of aliphatic hydroxyl groups is 1. The highest BCUT2D eigenvalue weighted by atomic mass is 16.5. The SMILES string of the molecule is CC(O)CC(C)CNC(=O)C1CN(Cc2ccccc2)CCO1. The third kappa shape index (κ3) is 6.29.